The van der Waals surface area contributed by atoms with E-state index in [0.717, 1.165) is 12.8 Å². The van der Waals surface area contributed by atoms with E-state index < -0.39 is 24.0 Å². The second kappa shape index (κ2) is 9.81. The number of hydrogen-bond donors (Lipinski definition) is 2. The summed E-state index contributed by atoms with van der Waals surface area (Å²) in [6.07, 6.45) is 0.358. The molecule has 2 N–H and O–H groups in total. The molecule has 2 rings (SSSR count). The summed E-state index contributed by atoms with van der Waals surface area (Å²) in [6.45, 7) is 7.20. The SMILES string of the molecule is CCCCn1nc(C(=O)O[C@H](C)C(=O)NC(=O)NC(C)C)c2ccccc2c1=O. The van der Waals surface area contributed by atoms with Gasteiger partial charge in [0.05, 0.1) is 5.39 Å². The molecule has 0 saturated carbocycles. The first-order valence-corrected chi connectivity index (χ1v) is 9.56. The smallest absolute Gasteiger partial charge is 0.360 e. The van der Waals surface area contributed by atoms with Crippen LogP contribution in [0, 0.1) is 0 Å². The topological polar surface area (TPSA) is 119 Å². The van der Waals surface area contributed by atoms with E-state index in [-0.39, 0.29) is 17.3 Å². The summed E-state index contributed by atoms with van der Waals surface area (Å²) in [4.78, 5) is 49.0. The first kappa shape index (κ1) is 22.1. The van der Waals surface area contributed by atoms with Crippen LogP contribution in [0.1, 0.15) is 51.0 Å². The number of carbonyl (C=O) groups excluding carboxylic acids is 3. The van der Waals surface area contributed by atoms with E-state index in [1.165, 1.54) is 11.6 Å². The number of nitrogens with one attached hydrogen (secondary N) is 2. The fraction of sp³-hybridized carbons (Fsp3) is 0.450. The number of benzene rings is 1. The van der Waals surface area contributed by atoms with Gasteiger partial charge < -0.3 is 10.1 Å². The van der Waals surface area contributed by atoms with Crippen LogP contribution in [0.15, 0.2) is 29.1 Å². The Morgan fingerprint density at radius 1 is 1.14 bits per heavy atom. The highest BCUT2D eigenvalue weighted by atomic mass is 16.5. The normalized spacial score (nSPS) is 11.9. The molecule has 1 atom stereocenters. The van der Waals surface area contributed by atoms with Crippen LogP contribution in [0.25, 0.3) is 10.8 Å². The number of hydrogen-bond acceptors (Lipinski definition) is 6. The minimum absolute atomic E-state index is 0.0532. The third kappa shape index (κ3) is 5.63. The van der Waals surface area contributed by atoms with E-state index in [9.17, 15) is 19.2 Å². The number of esters is 1. The average molecular weight is 402 g/mol. The number of amides is 3. The monoisotopic (exact) mass is 402 g/mol. The highest BCUT2D eigenvalue weighted by Crippen LogP contribution is 2.15. The molecule has 3 amide bonds. The van der Waals surface area contributed by atoms with Crippen LogP contribution in [0.4, 0.5) is 4.79 Å². The zero-order chi connectivity index (χ0) is 21.6. The van der Waals surface area contributed by atoms with Crippen LogP contribution in [-0.4, -0.2) is 39.8 Å². The third-order valence-corrected chi connectivity index (χ3v) is 4.09. The Morgan fingerprint density at radius 3 is 2.41 bits per heavy atom. The molecule has 0 bridgehead atoms. The van der Waals surface area contributed by atoms with Crippen molar-refractivity contribution in [3.63, 3.8) is 0 Å². The highest BCUT2D eigenvalue weighted by Gasteiger charge is 2.24. The second-order valence-corrected chi connectivity index (χ2v) is 6.94. The van der Waals surface area contributed by atoms with Crippen LogP contribution in [0.2, 0.25) is 0 Å². The van der Waals surface area contributed by atoms with Gasteiger partial charge in [-0.2, -0.15) is 5.10 Å². The van der Waals surface area contributed by atoms with E-state index in [1.807, 2.05) is 6.92 Å². The molecular weight excluding hydrogens is 376 g/mol. The number of urea groups is 1. The molecule has 0 unspecified atom stereocenters. The lowest BCUT2D eigenvalue weighted by Gasteiger charge is -2.15. The van der Waals surface area contributed by atoms with E-state index in [4.69, 9.17) is 4.74 Å². The number of nitrogens with zero attached hydrogens (tertiary/aromatic N) is 2. The van der Waals surface area contributed by atoms with Crippen LogP contribution < -0.4 is 16.2 Å². The summed E-state index contributed by atoms with van der Waals surface area (Å²) < 4.78 is 6.44. The molecule has 2 aromatic rings. The molecule has 9 heteroatoms. The Morgan fingerprint density at radius 2 is 1.79 bits per heavy atom. The lowest BCUT2D eigenvalue weighted by atomic mass is 10.1. The molecule has 156 valence electrons. The molecule has 0 aliphatic heterocycles. The van der Waals surface area contributed by atoms with Crippen molar-refractivity contribution in [2.24, 2.45) is 0 Å². The van der Waals surface area contributed by atoms with Gasteiger partial charge in [-0.3, -0.25) is 14.9 Å². The van der Waals surface area contributed by atoms with Gasteiger partial charge >= 0.3 is 12.0 Å². The molecular formula is C20H26N4O5. The maximum absolute atomic E-state index is 12.7. The molecule has 1 aromatic carbocycles. The molecule has 0 saturated heterocycles. The second-order valence-electron chi connectivity index (χ2n) is 6.94. The average Bonchev–Trinajstić information content (AvgIpc) is 2.66. The first-order chi connectivity index (χ1) is 13.7. The Labute approximate surface area is 168 Å². The third-order valence-electron chi connectivity index (χ3n) is 4.09. The number of aromatic nitrogens is 2. The van der Waals surface area contributed by atoms with Gasteiger partial charge in [0.25, 0.3) is 11.5 Å². The van der Waals surface area contributed by atoms with Crippen molar-refractivity contribution in [3.8, 4) is 0 Å². The molecule has 9 nitrogen and oxygen atoms in total. The number of aryl methyl sites for hydroxylation is 1. The molecule has 0 aliphatic rings. The Balaban J connectivity index is 2.25. The van der Waals surface area contributed by atoms with E-state index >= 15 is 0 Å². The fourth-order valence-corrected chi connectivity index (χ4v) is 2.63. The molecule has 1 aromatic heterocycles. The van der Waals surface area contributed by atoms with Gasteiger partial charge in [-0.05, 0) is 33.3 Å². The summed E-state index contributed by atoms with van der Waals surface area (Å²) in [5.41, 5.74) is -0.343. The van der Waals surface area contributed by atoms with Crippen LogP contribution >= 0.6 is 0 Å². The summed E-state index contributed by atoms with van der Waals surface area (Å²) in [7, 11) is 0. The predicted molar refractivity (Wildman–Crippen MR) is 108 cm³/mol. The number of rotatable bonds is 7. The highest BCUT2D eigenvalue weighted by molar-refractivity contribution is 6.03. The minimum atomic E-state index is -1.23. The summed E-state index contributed by atoms with van der Waals surface area (Å²) >= 11 is 0. The van der Waals surface area contributed by atoms with Gasteiger partial charge in [0, 0.05) is 18.0 Å². The van der Waals surface area contributed by atoms with Crippen molar-refractivity contribution in [1.82, 2.24) is 20.4 Å². The van der Waals surface area contributed by atoms with Crippen molar-refractivity contribution in [2.45, 2.75) is 59.2 Å². The van der Waals surface area contributed by atoms with Gasteiger partial charge in [0.1, 0.15) is 0 Å². The standard InChI is InChI=1S/C20H26N4O5/c1-5-6-11-24-18(26)15-10-8-7-9-14(15)16(23-24)19(27)29-13(4)17(25)22-20(28)21-12(2)3/h7-10,12-13H,5-6,11H2,1-4H3,(H2,21,22,25,28)/t13-/m1/s1. The van der Waals surface area contributed by atoms with Crippen molar-refractivity contribution in [2.75, 3.05) is 0 Å². The zero-order valence-corrected chi connectivity index (χ0v) is 17.0. The summed E-state index contributed by atoms with van der Waals surface area (Å²) in [5.74, 6) is -1.61. The van der Waals surface area contributed by atoms with Gasteiger partial charge in [-0.1, -0.05) is 31.5 Å². The number of fused-ring (bicyclic) bond motifs is 1. The zero-order valence-electron chi connectivity index (χ0n) is 17.0. The molecule has 29 heavy (non-hydrogen) atoms. The summed E-state index contributed by atoms with van der Waals surface area (Å²) in [5, 5.41) is 9.48. The molecule has 1 heterocycles. The Bertz CT molecular complexity index is 967. The van der Waals surface area contributed by atoms with Crippen molar-refractivity contribution in [1.29, 1.82) is 0 Å². The predicted octanol–water partition coefficient (Wildman–Crippen LogP) is 1.98. The van der Waals surface area contributed by atoms with E-state index in [1.54, 1.807) is 38.1 Å². The van der Waals surface area contributed by atoms with Crippen molar-refractivity contribution < 1.29 is 19.1 Å². The molecule has 0 spiro atoms. The first-order valence-electron chi connectivity index (χ1n) is 9.56. The van der Waals surface area contributed by atoms with E-state index in [0.29, 0.717) is 17.3 Å². The van der Waals surface area contributed by atoms with Gasteiger partial charge in [-0.25, -0.2) is 14.3 Å². The summed E-state index contributed by atoms with van der Waals surface area (Å²) in [6, 6.07) is 5.77. The quantitative estimate of drug-likeness (QED) is 0.684. The number of ether oxygens (including phenoxy) is 1. The minimum Gasteiger partial charge on any atom is -0.448 e. The number of imide groups is 1. The Kier molecular flexibility index (Phi) is 7.46. The Hall–Kier alpha value is -3.23. The van der Waals surface area contributed by atoms with Gasteiger partial charge in [0.15, 0.2) is 11.8 Å². The maximum Gasteiger partial charge on any atom is 0.360 e. The number of carbonyl (C=O) groups is 3. The molecule has 0 radical (unpaired) electrons. The lowest BCUT2D eigenvalue weighted by Crippen LogP contribution is -2.46. The van der Waals surface area contributed by atoms with Crippen molar-refractivity contribution >= 4 is 28.7 Å². The number of unbranched alkanes of at least 4 members (excludes halogenated alkanes) is 1. The maximum atomic E-state index is 12.7. The largest absolute Gasteiger partial charge is 0.448 e. The van der Waals surface area contributed by atoms with Gasteiger partial charge in [0.2, 0.25) is 0 Å². The van der Waals surface area contributed by atoms with Crippen LogP contribution in [0.5, 0.6) is 0 Å². The van der Waals surface area contributed by atoms with E-state index in [2.05, 4.69) is 15.7 Å². The fourth-order valence-electron chi connectivity index (χ4n) is 2.63. The van der Waals surface area contributed by atoms with Gasteiger partial charge in [-0.15, -0.1) is 0 Å². The van der Waals surface area contributed by atoms with Crippen LogP contribution in [-0.2, 0) is 16.1 Å². The molecule has 0 aliphatic carbocycles. The van der Waals surface area contributed by atoms with Crippen LogP contribution in [0.3, 0.4) is 0 Å². The van der Waals surface area contributed by atoms with Crippen molar-refractivity contribution in [3.05, 3.63) is 40.3 Å². The lowest BCUT2D eigenvalue weighted by molar-refractivity contribution is -0.127. The molecule has 0 fully saturated rings.